The highest BCUT2D eigenvalue weighted by molar-refractivity contribution is 9.09. The first kappa shape index (κ1) is 22.3. The largest absolute Gasteiger partial charge is 0.396 e. The molecule has 10 nitrogen and oxygen atoms in total. The summed E-state index contributed by atoms with van der Waals surface area (Å²) in [6.07, 6.45) is 0.228. The number of hydrogen-bond acceptors (Lipinski definition) is 7. The number of anilines is 1. The lowest BCUT2D eigenvalue weighted by molar-refractivity contribution is -0.394. The SMILES string of the molecule is O=C(NCCCO)c1c([N+](=O)[O-])ccc(N(CCBr)CCBr)c1[N+](=O)[O-]. The van der Waals surface area contributed by atoms with E-state index in [9.17, 15) is 25.0 Å². The van der Waals surface area contributed by atoms with Gasteiger partial charge in [0.1, 0.15) is 5.69 Å². The molecule has 0 spiro atoms. The van der Waals surface area contributed by atoms with Crippen LogP contribution in [0.2, 0.25) is 0 Å². The van der Waals surface area contributed by atoms with E-state index in [4.69, 9.17) is 5.11 Å². The van der Waals surface area contributed by atoms with Crippen LogP contribution < -0.4 is 10.2 Å². The lowest BCUT2D eigenvalue weighted by atomic mass is 10.1. The fourth-order valence-electron chi connectivity index (χ4n) is 2.31. The van der Waals surface area contributed by atoms with E-state index in [0.29, 0.717) is 23.7 Å². The maximum Gasteiger partial charge on any atom is 0.312 e. The van der Waals surface area contributed by atoms with Crippen LogP contribution in [0.1, 0.15) is 16.8 Å². The van der Waals surface area contributed by atoms with Crippen LogP contribution in [0.25, 0.3) is 0 Å². The van der Waals surface area contributed by atoms with Gasteiger partial charge in [0.2, 0.25) is 0 Å². The van der Waals surface area contributed by atoms with E-state index in [1.165, 1.54) is 6.07 Å². The second kappa shape index (κ2) is 11.0. The van der Waals surface area contributed by atoms with Crippen LogP contribution >= 0.6 is 31.9 Å². The molecule has 0 aliphatic carbocycles. The summed E-state index contributed by atoms with van der Waals surface area (Å²) in [7, 11) is 0. The predicted molar refractivity (Wildman–Crippen MR) is 104 cm³/mol. The van der Waals surface area contributed by atoms with Crippen LogP contribution in [-0.2, 0) is 0 Å². The molecule has 2 N–H and O–H groups in total. The van der Waals surface area contributed by atoms with Gasteiger partial charge in [-0.25, -0.2) is 0 Å². The van der Waals surface area contributed by atoms with Crippen molar-refractivity contribution in [2.75, 3.05) is 41.8 Å². The van der Waals surface area contributed by atoms with E-state index >= 15 is 0 Å². The van der Waals surface area contributed by atoms with Gasteiger partial charge in [-0.05, 0) is 12.5 Å². The number of hydrogen-bond donors (Lipinski definition) is 2. The van der Waals surface area contributed by atoms with Crippen molar-refractivity contribution < 1.29 is 19.7 Å². The molecule has 0 saturated heterocycles. The van der Waals surface area contributed by atoms with Crippen molar-refractivity contribution in [1.82, 2.24) is 5.32 Å². The van der Waals surface area contributed by atoms with Crippen LogP contribution in [0.3, 0.4) is 0 Å². The fourth-order valence-corrected chi connectivity index (χ4v) is 3.17. The van der Waals surface area contributed by atoms with Gasteiger partial charge >= 0.3 is 5.69 Å². The van der Waals surface area contributed by atoms with Crippen LogP contribution in [0.4, 0.5) is 17.1 Å². The number of nitrogens with one attached hydrogen (secondary N) is 1. The Morgan fingerprint density at radius 3 is 2.23 bits per heavy atom. The fraction of sp³-hybridized carbons (Fsp3) is 0.500. The quantitative estimate of drug-likeness (QED) is 0.207. The maximum atomic E-state index is 12.4. The topological polar surface area (TPSA) is 139 Å². The molecule has 1 aromatic carbocycles. The summed E-state index contributed by atoms with van der Waals surface area (Å²) in [5, 5.41) is 35.2. The van der Waals surface area contributed by atoms with Crippen LogP contribution in [-0.4, -0.2) is 57.8 Å². The lowest BCUT2D eigenvalue weighted by Crippen LogP contribution is -2.30. The van der Waals surface area contributed by atoms with E-state index in [0.717, 1.165) is 6.07 Å². The summed E-state index contributed by atoms with van der Waals surface area (Å²) in [6.45, 7) is 0.681. The number of aliphatic hydroxyl groups excluding tert-OH is 1. The number of alkyl halides is 2. The molecule has 0 bridgehead atoms. The van der Waals surface area contributed by atoms with Crippen molar-refractivity contribution >= 4 is 54.8 Å². The minimum Gasteiger partial charge on any atom is -0.396 e. The molecule has 0 aliphatic heterocycles. The molecule has 1 rings (SSSR count). The summed E-state index contributed by atoms with van der Waals surface area (Å²) in [5.41, 5.74) is -1.71. The Morgan fingerprint density at radius 2 is 1.77 bits per heavy atom. The van der Waals surface area contributed by atoms with Gasteiger partial charge in [0.05, 0.1) is 9.85 Å². The number of carbonyl (C=O) groups is 1. The van der Waals surface area contributed by atoms with Crippen molar-refractivity contribution in [2.45, 2.75) is 6.42 Å². The molecule has 0 heterocycles. The average molecular weight is 498 g/mol. The average Bonchev–Trinajstić information content (AvgIpc) is 2.60. The molecule has 0 unspecified atom stereocenters. The maximum absolute atomic E-state index is 12.4. The van der Waals surface area contributed by atoms with E-state index < -0.39 is 32.7 Å². The number of carbonyl (C=O) groups excluding carboxylic acids is 1. The Labute approximate surface area is 166 Å². The van der Waals surface area contributed by atoms with Crippen molar-refractivity contribution in [2.24, 2.45) is 0 Å². The number of amides is 1. The number of benzene rings is 1. The van der Waals surface area contributed by atoms with E-state index in [2.05, 4.69) is 37.2 Å². The standard InChI is InChI=1S/C14H18Br2N4O6/c15-4-7-18(8-5-16)11-3-2-10(19(23)24)12(13(11)20(25)26)14(22)17-6-1-9-21/h2-3,21H,1,4-9H2,(H,17,22). The van der Waals surface area contributed by atoms with Gasteiger partial charge in [0.25, 0.3) is 11.6 Å². The van der Waals surface area contributed by atoms with Gasteiger partial charge in [0, 0.05) is 43.0 Å². The summed E-state index contributed by atoms with van der Waals surface area (Å²) < 4.78 is 0. The third-order valence-corrected chi connectivity index (χ3v) is 4.12. The molecule has 0 aromatic heterocycles. The van der Waals surface area contributed by atoms with Gasteiger partial charge in [-0.3, -0.25) is 25.0 Å². The number of halogens is 2. The van der Waals surface area contributed by atoms with Crippen LogP contribution in [0, 0.1) is 20.2 Å². The molecule has 1 aromatic rings. The molecule has 26 heavy (non-hydrogen) atoms. The molecule has 0 saturated carbocycles. The van der Waals surface area contributed by atoms with Crippen LogP contribution in [0.5, 0.6) is 0 Å². The molecule has 12 heteroatoms. The normalized spacial score (nSPS) is 10.4. The minimum absolute atomic E-state index is 0.0420. The van der Waals surface area contributed by atoms with Crippen LogP contribution in [0.15, 0.2) is 12.1 Å². The van der Waals surface area contributed by atoms with E-state index in [-0.39, 0.29) is 25.3 Å². The predicted octanol–water partition coefficient (Wildman–Crippen LogP) is 2.21. The molecule has 0 radical (unpaired) electrons. The highest BCUT2D eigenvalue weighted by Gasteiger charge is 2.35. The number of nitro groups is 2. The third kappa shape index (κ3) is 5.61. The molecule has 0 atom stereocenters. The van der Waals surface area contributed by atoms with Crippen molar-refractivity contribution in [3.05, 3.63) is 37.9 Å². The summed E-state index contributed by atoms with van der Waals surface area (Å²) in [6, 6.07) is 2.38. The summed E-state index contributed by atoms with van der Waals surface area (Å²) in [5.74, 6) is -0.920. The Balaban J connectivity index is 3.54. The smallest absolute Gasteiger partial charge is 0.312 e. The zero-order valence-corrected chi connectivity index (χ0v) is 16.9. The van der Waals surface area contributed by atoms with Gasteiger partial charge < -0.3 is 15.3 Å². The molecular formula is C14H18Br2N4O6. The summed E-state index contributed by atoms with van der Waals surface area (Å²) >= 11 is 6.54. The second-order valence-electron chi connectivity index (χ2n) is 5.04. The molecule has 0 fully saturated rings. The number of nitrogens with zero attached hydrogens (tertiary/aromatic N) is 3. The van der Waals surface area contributed by atoms with Gasteiger partial charge in [0.15, 0.2) is 5.56 Å². The van der Waals surface area contributed by atoms with E-state index in [1.807, 2.05) is 0 Å². The molecule has 1 amide bonds. The highest BCUT2D eigenvalue weighted by atomic mass is 79.9. The van der Waals surface area contributed by atoms with Gasteiger partial charge in [-0.15, -0.1) is 0 Å². The van der Waals surface area contributed by atoms with Gasteiger partial charge in [-0.2, -0.15) is 0 Å². The highest BCUT2D eigenvalue weighted by Crippen LogP contribution is 2.37. The molecule has 0 aliphatic rings. The lowest BCUT2D eigenvalue weighted by Gasteiger charge is -2.23. The zero-order chi connectivity index (χ0) is 19.7. The first-order valence-electron chi connectivity index (χ1n) is 7.60. The van der Waals surface area contributed by atoms with Crippen molar-refractivity contribution in [1.29, 1.82) is 0 Å². The first-order chi connectivity index (χ1) is 12.4. The zero-order valence-electron chi connectivity index (χ0n) is 13.7. The first-order valence-corrected chi connectivity index (χ1v) is 9.85. The molecular weight excluding hydrogens is 480 g/mol. The number of nitro benzene ring substituents is 2. The Kier molecular flexibility index (Phi) is 9.44. The Bertz CT molecular complexity index is 667. The molecule has 144 valence electrons. The van der Waals surface area contributed by atoms with Crippen molar-refractivity contribution in [3.63, 3.8) is 0 Å². The Hall–Kier alpha value is -1.79. The third-order valence-electron chi connectivity index (χ3n) is 3.41. The summed E-state index contributed by atoms with van der Waals surface area (Å²) in [4.78, 5) is 35.5. The number of aliphatic hydroxyl groups is 1. The Morgan fingerprint density at radius 1 is 1.15 bits per heavy atom. The van der Waals surface area contributed by atoms with Gasteiger partial charge in [-0.1, -0.05) is 31.9 Å². The minimum atomic E-state index is -0.920. The van der Waals surface area contributed by atoms with E-state index in [1.54, 1.807) is 4.90 Å². The number of rotatable bonds is 11. The second-order valence-corrected chi connectivity index (χ2v) is 6.63. The monoisotopic (exact) mass is 496 g/mol. The van der Waals surface area contributed by atoms with Crippen molar-refractivity contribution in [3.8, 4) is 0 Å².